The molecule has 6 nitrogen and oxygen atoms in total. The molecule has 2 aliphatic rings. The molecule has 146 valence electrons. The second-order valence-electron chi connectivity index (χ2n) is 7.13. The lowest BCUT2D eigenvalue weighted by Crippen LogP contribution is -2.54. The first-order valence-corrected chi connectivity index (χ1v) is 9.16. The van der Waals surface area contributed by atoms with Crippen LogP contribution in [0.4, 0.5) is 0 Å². The fourth-order valence-corrected chi connectivity index (χ4v) is 3.96. The maximum absolute atomic E-state index is 13.1. The van der Waals surface area contributed by atoms with Crippen molar-refractivity contribution in [3.05, 3.63) is 44.8 Å². The summed E-state index contributed by atoms with van der Waals surface area (Å²) in [7, 11) is 2.06. The maximum atomic E-state index is 13.1. The van der Waals surface area contributed by atoms with Gasteiger partial charge in [0.1, 0.15) is 11.3 Å². The first-order valence-electron chi connectivity index (χ1n) is 8.78. The van der Waals surface area contributed by atoms with Crippen LogP contribution in [0.1, 0.15) is 29.0 Å². The van der Waals surface area contributed by atoms with Gasteiger partial charge in [-0.3, -0.25) is 9.59 Å². The zero-order valence-corrected chi connectivity index (χ0v) is 16.9. The van der Waals surface area contributed by atoms with Gasteiger partial charge in [-0.15, -0.1) is 12.4 Å². The summed E-state index contributed by atoms with van der Waals surface area (Å²) in [5.41, 5.74) is 0.310. The van der Waals surface area contributed by atoms with Crippen LogP contribution in [0.15, 0.2) is 27.4 Å². The molecule has 2 fully saturated rings. The number of hydrogen-bond donors (Lipinski definition) is 0. The van der Waals surface area contributed by atoms with E-state index in [1.54, 1.807) is 17.0 Å². The van der Waals surface area contributed by atoms with Crippen LogP contribution in [0.25, 0.3) is 11.0 Å². The summed E-state index contributed by atoms with van der Waals surface area (Å²) in [6.45, 7) is 4.57. The van der Waals surface area contributed by atoms with Crippen molar-refractivity contribution >= 4 is 40.9 Å². The van der Waals surface area contributed by atoms with Crippen molar-refractivity contribution in [2.45, 2.75) is 25.5 Å². The SMILES string of the molecule is Cc1cc2oc(C(=O)N3CCOC34CCN(C)CC4)cc(=O)c2cc1Cl.Cl. The minimum absolute atomic E-state index is 0. The fourth-order valence-electron chi connectivity index (χ4n) is 3.79. The van der Waals surface area contributed by atoms with E-state index in [4.69, 9.17) is 20.8 Å². The Kier molecular flexibility index (Phi) is 5.54. The standard InChI is InChI=1S/C19H21ClN2O4.ClH/c1-12-9-16-13(10-14(12)20)15(23)11-17(26-16)18(24)22-7-8-25-19(22)3-5-21(2)6-4-19;/h9-11H,3-8H2,1-2H3;1H. The second-order valence-corrected chi connectivity index (χ2v) is 7.53. The number of benzene rings is 1. The number of likely N-dealkylation sites (tertiary alicyclic amines) is 1. The summed E-state index contributed by atoms with van der Waals surface area (Å²) in [6.07, 6.45) is 1.50. The molecule has 0 unspecified atom stereocenters. The minimum atomic E-state index is -0.590. The molecule has 1 aromatic heterocycles. The van der Waals surface area contributed by atoms with Crippen LogP contribution in [0.5, 0.6) is 0 Å². The van der Waals surface area contributed by atoms with E-state index in [0.717, 1.165) is 31.5 Å². The topological polar surface area (TPSA) is 63.0 Å². The molecule has 0 bridgehead atoms. The largest absolute Gasteiger partial charge is 0.451 e. The van der Waals surface area contributed by atoms with Gasteiger partial charge in [-0.25, -0.2) is 0 Å². The monoisotopic (exact) mass is 412 g/mol. The zero-order valence-electron chi connectivity index (χ0n) is 15.3. The van der Waals surface area contributed by atoms with Crippen molar-refractivity contribution in [3.63, 3.8) is 0 Å². The van der Waals surface area contributed by atoms with Gasteiger partial charge in [0.25, 0.3) is 5.91 Å². The van der Waals surface area contributed by atoms with Gasteiger partial charge in [-0.05, 0) is 31.7 Å². The predicted octanol–water partition coefficient (Wildman–Crippen LogP) is 3.07. The summed E-state index contributed by atoms with van der Waals surface area (Å²) >= 11 is 6.10. The van der Waals surface area contributed by atoms with Gasteiger partial charge < -0.3 is 19.0 Å². The summed E-state index contributed by atoms with van der Waals surface area (Å²) < 4.78 is 11.8. The smallest absolute Gasteiger partial charge is 0.292 e. The molecule has 0 N–H and O–H groups in total. The number of fused-ring (bicyclic) bond motifs is 1. The molecule has 0 atom stereocenters. The van der Waals surface area contributed by atoms with Crippen LogP contribution in [-0.4, -0.2) is 54.7 Å². The van der Waals surface area contributed by atoms with E-state index in [9.17, 15) is 9.59 Å². The summed E-state index contributed by atoms with van der Waals surface area (Å²) in [5.74, 6) is -0.244. The number of rotatable bonds is 1. The first kappa shape index (κ1) is 20.1. The average Bonchev–Trinajstić information content (AvgIpc) is 3.02. The third-order valence-electron chi connectivity index (χ3n) is 5.41. The van der Waals surface area contributed by atoms with Crippen LogP contribution in [0.3, 0.4) is 0 Å². The number of hydrogen-bond acceptors (Lipinski definition) is 5. The number of amides is 1. The van der Waals surface area contributed by atoms with Crippen molar-refractivity contribution in [2.75, 3.05) is 33.3 Å². The van der Waals surface area contributed by atoms with Gasteiger partial charge in [0.2, 0.25) is 0 Å². The van der Waals surface area contributed by atoms with Crippen molar-refractivity contribution in [1.82, 2.24) is 9.80 Å². The normalized spacial score (nSPS) is 19.4. The molecule has 2 saturated heterocycles. The van der Waals surface area contributed by atoms with Gasteiger partial charge in [-0.2, -0.15) is 0 Å². The number of ether oxygens (including phenoxy) is 1. The molecule has 4 rings (SSSR count). The Morgan fingerprint density at radius 3 is 2.59 bits per heavy atom. The van der Waals surface area contributed by atoms with E-state index in [0.29, 0.717) is 29.1 Å². The Morgan fingerprint density at radius 1 is 1.19 bits per heavy atom. The molecule has 0 aliphatic carbocycles. The van der Waals surface area contributed by atoms with Gasteiger partial charge in [0.15, 0.2) is 11.2 Å². The number of piperidine rings is 1. The van der Waals surface area contributed by atoms with Crippen molar-refractivity contribution in [3.8, 4) is 0 Å². The molecule has 1 amide bonds. The highest BCUT2D eigenvalue weighted by molar-refractivity contribution is 6.32. The quantitative estimate of drug-likeness (QED) is 0.719. The number of halogens is 2. The molecule has 1 spiro atoms. The lowest BCUT2D eigenvalue weighted by Gasteiger charge is -2.42. The summed E-state index contributed by atoms with van der Waals surface area (Å²) in [5, 5.41) is 0.880. The third kappa shape index (κ3) is 3.47. The highest BCUT2D eigenvalue weighted by atomic mass is 35.5. The molecule has 2 aliphatic heterocycles. The molecule has 2 aromatic rings. The van der Waals surface area contributed by atoms with Crippen molar-refractivity contribution < 1.29 is 13.9 Å². The van der Waals surface area contributed by atoms with E-state index in [-0.39, 0.29) is 29.5 Å². The Labute approximate surface area is 168 Å². The summed E-state index contributed by atoms with van der Waals surface area (Å²) in [4.78, 5) is 29.5. The molecule has 1 aromatic carbocycles. The van der Waals surface area contributed by atoms with Crippen LogP contribution in [-0.2, 0) is 4.74 Å². The Balaban J connectivity index is 0.00000210. The van der Waals surface area contributed by atoms with Crippen LogP contribution >= 0.6 is 24.0 Å². The van der Waals surface area contributed by atoms with Crippen LogP contribution in [0, 0.1) is 6.92 Å². The van der Waals surface area contributed by atoms with E-state index < -0.39 is 5.72 Å². The van der Waals surface area contributed by atoms with E-state index in [1.165, 1.54) is 6.07 Å². The number of aryl methyl sites for hydroxylation is 1. The lowest BCUT2D eigenvalue weighted by molar-refractivity contribution is -0.103. The second kappa shape index (κ2) is 7.43. The van der Waals surface area contributed by atoms with Crippen molar-refractivity contribution in [1.29, 1.82) is 0 Å². The van der Waals surface area contributed by atoms with Crippen LogP contribution < -0.4 is 5.43 Å². The van der Waals surface area contributed by atoms with Gasteiger partial charge in [0.05, 0.1) is 12.0 Å². The predicted molar refractivity (Wildman–Crippen MR) is 106 cm³/mol. The number of nitrogens with zero attached hydrogens (tertiary/aromatic N) is 2. The number of carbonyl (C=O) groups is 1. The summed E-state index contributed by atoms with van der Waals surface area (Å²) in [6, 6.07) is 4.54. The molecule has 8 heteroatoms. The lowest BCUT2D eigenvalue weighted by atomic mass is 9.99. The Bertz CT molecular complexity index is 935. The third-order valence-corrected chi connectivity index (χ3v) is 5.82. The van der Waals surface area contributed by atoms with Crippen molar-refractivity contribution in [2.24, 2.45) is 0 Å². The maximum Gasteiger partial charge on any atom is 0.292 e. The van der Waals surface area contributed by atoms with Gasteiger partial charge >= 0.3 is 0 Å². The van der Waals surface area contributed by atoms with Gasteiger partial charge in [-0.1, -0.05) is 11.6 Å². The highest BCUT2D eigenvalue weighted by Gasteiger charge is 2.47. The fraction of sp³-hybridized carbons (Fsp3) is 0.474. The molecular formula is C19H22Cl2N2O4. The molecule has 27 heavy (non-hydrogen) atoms. The van der Waals surface area contributed by atoms with E-state index in [1.807, 2.05) is 6.92 Å². The molecular weight excluding hydrogens is 391 g/mol. The average molecular weight is 413 g/mol. The van der Waals surface area contributed by atoms with E-state index in [2.05, 4.69) is 11.9 Å². The molecule has 3 heterocycles. The Hall–Kier alpha value is -1.60. The van der Waals surface area contributed by atoms with Gasteiger partial charge in [0, 0.05) is 43.6 Å². The molecule has 0 saturated carbocycles. The first-order chi connectivity index (χ1) is 12.4. The highest BCUT2D eigenvalue weighted by Crippen LogP contribution is 2.35. The number of carbonyl (C=O) groups excluding carboxylic acids is 1. The van der Waals surface area contributed by atoms with Crippen LogP contribution in [0.2, 0.25) is 5.02 Å². The zero-order chi connectivity index (χ0) is 18.5. The van der Waals surface area contributed by atoms with E-state index >= 15 is 0 Å². The minimum Gasteiger partial charge on any atom is -0.451 e. The Morgan fingerprint density at radius 2 is 1.89 bits per heavy atom. The molecule has 0 radical (unpaired) electrons.